The summed E-state index contributed by atoms with van der Waals surface area (Å²) in [5.41, 5.74) is 0. The maximum Gasteiger partial charge on any atom is 0.310 e. The molecule has 1 aliphatic heterocycles. The first kappa shape index (κ1) is 9.92. The number of carboxylic acid groups (broad SMARTS) is 1. The minimum Gasteiger partial charge on any atom is -0.481 e. The van der Waals surface area contributed by atoms with Crippen molar-refractivity contribution in [3.05, 3.63) is 10.0 Å². The van der Waals surface area contributed by atoms with E-state index >= 15 is 0 Å². The Kier molecular flexibility index (Phi) is 3.02. The molecule has 1 N–H and O–H groups in total. The van der Waals surface area contributed by atoms with Crippen LogP contribution in [0.3, 0.4) is 0 Å². The predicted molar refractivity (Wildman–Crippen MR) is 55.9 cm³/mol. The van der Waals surface area contributed by atoms with E-state index in [1.807, 2.05) is 11.8 Å². The Hall–Kier alpha value is -0.620. The van der Waals surface area contributed by atoms with Gasteiger partial charge in [0.2, 0.25) is 0 Å². The summed E-state index contributed by atoms with van der Waals surface area (Å²) in [6.07, 6.45) is 1.14. The van der Waals surface area contributed by atoms with Crippen LogP contribution in [0.15, 0.2) is 0 Å². The summed E-state index contributed by atoms with van der Waals surface area (Å²) >= 11 is 3.36. The highest BCUT2D eigenvalue weighted by Crippen LogP contribution is 2.33. The Balaban J connectivity index is 2.05. The minimum absolute atomic E-state index is 0.00245. The van der Waals surface area contributed by atoms with Crippen molar-refractivity contribution in [1.29, 1.82) is 0 Å². The van der Waals surface area contributed by atoms with Crippen LogP contribution < -0.4 is 0 Å². The summed E-state index contributed by atoms with van der Waals surface area (Å²) in [5, 5.41) is 18.1. The zero-order chi connectivity index (χ0) is 9.97. The molecular formula is C8H10N2O2S2. The third kappa shape index (κ3) is 2.24. The van der Waals surface area contributed by atoms with Crippen molar-refractivity contribution >= 4 is 29.1 Å². The smallest absolute Gasteiger partial charge is 0.310 e. The van der Waals surface area contributed by atoms with Crippen molar-refractivity contribution in [1.82, 2.24) is 10.2 Å². The molecule has 0 amide bonds. The van der Waals surface area contributed by atoms with Gasteiger partial charge >= 0.3 is 5.97 Å². The van der Waals surface area contributed by atoms with Crippen molar-refractivity contribution in [3.8, 4) is 0 Å². The SMILES string of the molecule is O=C(O)Cc1nnc(C2CCSC2)s1. The van der Waals surface area contributed by atoms with Crippen molar-refractivity contribution in [2.45, 2.75) is 18.8 Å². The van der Waals surface area contributed by atoms with Gasteiger partial charge in [0.05, 0.1) is 6.42 Å². The van der Waals surface area contributed by atoms with Crippen molar-refractivity contribution in [2.75, 3.05) is 11.5 Å². The lowest BCUT2D eigenvalue weighted by molar-refractivity contribution is -0.136. The van der Waals surface area contributed by atoms with Crippen LogP contribution in [0, 0.1) is 0 Å². The summed E-state index contributed by atoms with van der Waals surface area (Å²) in [5.74, 6) is 1.94. The topological polar surface area (TPSA) is 63.1 Å². The van der Waals surface area contributed by atoms with Gasteiger partial charge in [0, 0.05) is 11.7 Å². The Bertz CT molecular complexity index is 334. The zero-order valence-corrected chi connectivity index (χ0v) is 9.11. The van der Waals surface area contributed by atoms with Gasteiger partial charge in [-0.1, -0.05) is 0 Å². The van der Waals surface area contributed by atoms with E-state index < -0.39 is 5.97 Å². The summed E-state index contributed by atoms with van der Waals surface area (Å²) in [7, 11) is 0. The molecule has 1 aromatic rings. The van der Waals surface area contributed by atoms with E-state index in [9.17, 15) is 4.79 Å². The molecule has 1 fully saturated rings. The van der Waals surface area contributed by atoms with Gasteiger partial charge in [-0.05, 0) is 12.2 Å². The largest absolute Gasteiger partial charge is 0.481 e. The van der Waals surface area contributed by atoms with Gasteiger partial charge < -0.3 is 5.11 Å². The van der Waals surface area contributed by atoms with Crippen LogP contribution >= 0.6 is 23.1 Å². The normalized spacial score (nSPS) is 21.3. The number of carbonyl (C=O) groups is 1. The molecule has 1 atom stereocenters. The number of carboxylic acids is 1. The average molecular weight is 230 g/mol. The van der Waals surface area contributed by atoms with E-state index in [0.717, 1.165) is 17.2 Å². The van der Waals surface area contributed by atoms with Crippen LogP contribution in [0.2, 0.25) is 0 Å². The first-order chi connectivity index (χ1) is 6.75. The molecule has 1 saturated heterocycles. The van der Waals surface area contributed by atoms with Crippen molar-refractivity contribution in [2.24, 2.45) is 0 Å². The molecule has 0 aromatic carbocycles. The molecule has 1 aromatic heterocycles. The fourth-order valence-corrected chi connectivity index (χ4v) is 3.66. The molecule has 0 spiro atoms. The van der Waals surface area contributed by atoms with E-state index in [1.165, 1.54) is 17.1 Å². The second kappa shape index (κ2) is 4.27. The molecule has 1 unspecified atom stereocenters. The van der Waals surface area contributed by atoms with Crippen LogP contribution in [-0.2, 0) is 11.2 Å². The lowest BCUT2D eigenvalue weighted by atomic mass is 10.1. The van der Waals surface area contributed by atoms with Crippen LogP contribution in [-0.4, -0.2) is 32.8 Å². The summed E-state index contributed by atoms with van der Waals surface area (Å²) in [4.78, 5) is 10.4. The van der Waals surface area contributed by atoms with E-state index in [-0.39, 0.29) is 6.42 Å². The molecule has 14 heavy (non-hydrogen) atoms. The third-order valence-electron chi connectivity index (χ3n) is 2.06. The maximum atomic E-state index is 10.4. The zero-order valence-electron chi connectivity index (χ0n) is 7.47. The molecule has 2 rings (SSSR count). The number of aromatic nitrogens is 2. The summed E-state index contributed by atoms with van der Waals surface area (Å²) in [6.45, 7) is 0. The minimum atomic E-state index is -0.839. The molecule has 0 radical (unpaired) electrons. The van der Waals surface area contributed by atoms with E-state index in [1.54, 1.807) is 0 Å². The fourth-order valence-electron chi connectivity index (χ4n) is 1.36. The van der Waals surface area contributed by atoms with E-state index in [2.05, 4.69) is 10.2 Å². The lowest BCUT2D eigenvalue weighted by Gasteiger charge is -1.99. The van der Waals surface area contributed by atoms with Crippen LogP contribution in [0.25, 0.3) is 0 Å². The number of hydrogen-bond acceptors (Lipinski definition) is 5. The second-order valence-corrected chi connectivity index (χ2v) is 5.41. The molecular weight excluding hydrogens is 220 g/mol. The maximum absolute atomic E-state index is 10.4. The van der Waals surface area contributed by atoms with Gasteiger partial charge in [-0.25, -0.2) is 0 Å². The number of aliphatic carboxylic acids is 1. The van der Waals surface area contributed by atoms with Crippen LogP contribution in [0.4, 0.5) is 0 Å². The number of hydrogen-bond donors (Lipinski definition) is 1. The van der Waals surface area contributed by atoms with Gasteiger partial charge in [-0.3, -0.25) is 4.79 Å². The molecule has 0 bridgehead atoms. The second-order valence-electron chi connectivity index (χ2n) is 3.17. The predicted octanol–water partition coefficient (Wildman–Crippen LogP) is 1.39. The van der Waals surface area contributed by atoms with Gasteiger partial charge in [-0.2, -0.15) is 11.8 Å². The Morgan fingerprint density at radius 3 is 3.07 bits per heavy atom. The first-order valence-electron chi connectivity index (χ1n) is 4.37. The van der Waals surface area contributed by atoms with Crippen LogP contribution in [0.1, 0.15) is 22.4 Å². The Morgan fingerprint density at radius 1 is 1.57 bits per heavy atom. The van der Waals surface area contributed by atoms with Gasteiger partial charge in [0.15, 0.2) is 0 Å². The highest BCUT2D eigenvalue weighted by Gasteiger charge is 2.21. The number of rotatable bonds is 3. The van der Waals surface area contributed by atoms with Gasteiger partial charge in [0.1, 0.15) is 10.0 Å². The summed E-state index contributed by atoms with van der Waals surface area (Å²) in [6, 6.07) is 0. The molecule has 1 aliphatic rings. The summed E-state index contributed by atoms with van der Waals surface area (Å²) < 4.78 is 0. The number of nitrogens with zero attached hydrogens (tertiary/aromatic N) is 2. The molecule has 4 nitrogen and oxygen atoms in total. The Morgan fingerprint density at radius 2 is 2.43 bits per heavy atom. The van der Waals surface area contributed by atoms with Crippen LogP contribution in [0.5, 0.6) is 0 Å². The molecule has 0 saturated carbocycles. The van der Waals surface area contributed by atoms with E-state index in [4.69, 9.17) is 5.11 Å². The Labute approximate surface area is 89.7 Å². The van der Waals surface area contributed by atoms with Gasteiger partial charge in [0.25, 0.3) is 0 Å². The lowest BCUT2D eigenvalue weighted by Crippen LogP contribution is -1.98. The third-order valence-corrected chi connectivity index (χ3v) is 4.31. The standard InChI is InChI=1S/C8H10N2O2S2/c11-7(12)3-6-9-10-8(14-6)5-1-2-13-4-5/h5H,1-4H2,(H,11,12). The monoisotopic (exact) mass is 230 g/mol. The molecule has 0 aliphatic carbocycles. The quantitative estimate of drug-likeness (QED) is 0.850. The van der Waals surface area contributed by atoms with Crippen molar-refractivity contribution < 1.29 is 9.90 Å². The number of thioether (sulfide) groups is 1. The van der Waals surface area contributed by atoms with Crippen molar-refractivity contribution in [3.63, 3.8) is 0 Å². The average Bonchev–Trinajstić information content (AvgIpc) is 2.69. The molecule has 76 valence electrons. The fraction of sp³-hybridized carbons (Fsp3) is 0.625. The van der Waals surface area contributed by atoms with E-state index in [0.29, 0.717) is 10.9 Å². The highest BCUT2D eigenvalue weighted by atomic mass is 32.2. The highest BCUT2D eigenvalue weighted by molar-refractivity contribution is 7.99. The van der Waals surface area contributed by atoms with Gasteiger partial charge in [-0.15, -0.1) is 21.5 Å². The molecule has 2 heterocycles. The molecule has 6 heteroatoms. The first-order valence-corrected chi connectivity index (χ1v) is 6.34.